The highest BCUT2D eigenvalue weighted by atomic mass is 16.3. The molecule has 1 atom stereocenters. The van der Waals surface area contributed by atoms with Gasteiger partial charge >= 0.3 is 0 Å². The Labute approximate surface area is 146 Å². The molecule has 6 heteroatoms. The van der Waals surface area contributed by atoms with Crippen molar-refractivity contribution in [1.82, 2.24) is 25.4 Å². The first-order valence-electron chi connectivity index (χ1n) is 8.67. The van der Waals surface area contributed by atoms with E-state index >= 15 is 0 Å². The van der Waals surface area contributed by atoms with Crippen LogP contribution in [0.1, 0.15) is 17.7 Å². The molecule has 1 aliphatic heterocycles. The highest BCUT2D eigenvalue weighted by Gasteiger charge is 2.21. The highest BCUT2D eigenvalue weighted by molar-refractivity contribution is 5.84. The van der Waals surface area contributed by atoms with Crippen LogP contribution in [0.15, 0.2) is 30.3 Å². The number of aromatic amines is 1. The zero-order chi connectivity index (χ0) is 17.4. The number of rotatable bonds is 4. The van der Waals surface area contributed by atoms with E-state index in [4.69, 9.17) is 4.98 Å². The molecule has 0 aliphatic carbocycles. The molecule has 1 unspecified atom stereocenters. The van der Waals surface area contributed by atoms with Gasteiger partial charge in [-0.15, -0.1) is 0 Å². The van der Waals surface area contributed by atoms with Crippen LogP contribution in [0.3, 0.4) is 0 Å². The lowest BCUT2D eigenvalue weighted by molar-refractivity contribution is 0.250. The molecule has 1 fully saturated rings. The number of benzene rings is 1. The summed E-state index contributed by atoms with van der Waals surface area (Å²) in [5, 5.41) is 21.5. The minimum absolute atomic E-state index is 0.260. The molecule has 3 heterocycles. The molecular formula is C19H23N5O. The molecule has 25 heavy (non-hydrogen) atoms. The van der Waals surface area contributed by atoms with Gasteiger partial charge in [0, 0.05) is 30.1 Å². The molecule has 1 aromatic carbocycles. The number of phenolic OH excluding ortho intramolecular Hbond substituents is 1. The fourth-order valence-electron chi connectivity index (χ4n) is 3.59. The van der Waals surface area contributed by atoms with Gasteiger partial charge in [-0.2, -0.15) is 5.10 Å². The zero-order valence-corrected chi connectivity index (χ0v) is 14.6. The number of aryl methyl sites for hydroxylation is 1. The van der Waals surface area contributed by atoms with Gasteiger partial charge in [-0.25, -0.2) is 4.98 Å². The van der Waals surface area contributed by atoms with Crippen LogP contribution >= 0.6 is 0 Å². The second-order valence-electron chi connectivity index (χ2n) is 6.81. The number of nitrogens with zero attached hydrogens (tertiary/aromatic N) is 3. The van der Waals surface area contributed by atoms with Gasteiger partial charge < -0.3 is 10.4 Å². The molecule has 1 saturated heterocycles. The first-order chi connectivity index (χ1) is 12.1. The van der Waals surface area contributed by atoms with E-state index in [-0.39, 0.29) is 5.75 Å². The van der Waals surface area contributed by atoms with Crippen LogP contribution < -0.4 is 5.32 Å². The van der Waals surface area contributed by atoms with Crippen LogP contribution in [0.5, 0.6) is 5.75 Å². The minimum atomic E-state index is 0.260. The third-order valence-electron chi connectivity index (χ3n) is 5.03. The van der Waals surface area contributed by atoms with E-state index in [1.165, 1.54) is 12.0 Å². The summed E-state index contributed by atoms with van der Waals surface area (Å²) < 4.78 is 0. The van der Waals surface area contributed by atoms with Crippen molar-refractivity contribution in [2.24, 2.45) is 0 Å². The Morgan fingerprint density at radius 3 is 2.80 bits per heavy atom. The Balaban J connectivity index is 1.75. The lowest BCUT2D eigenvalue weighted by Gasteiger charge is -2.24. The van der Waals surface area contributed by atoms with Crippen molar-refractivity contribution in [3.05, 3.63) is 41.6 Å². The predicted molar refractivity (Wildman–Crippen MR) is 98.5 cm³/mol. The summed E-state index contributed by atoms with van der Waals surface area (Å²) in [6.45, 7) is 5.00. The van der Waals surface area contributed by atoms with E-state index in [2.05, 4.69) is 33.5 Å². The van der Waals surface area contributed by atoms with Crippen molar-refractivity contribution in [1.29, 1.82) is 0 Å². The summed E-state index contributed by atoms with van der Waals surface area (Å²) in [4.78, 5) is 7.14. The molecule has 0 bridgehead atoms. The van der Waals surface area contributed by atoms with Crippen LogP contribution in [0.25, 0.3) is 22.3 Å². The summed E-state index contributed by atoms with van der Waals surface area (Å²) >= 11 is 0. The molecular weight excluding hydrogens is 314 g/mol. The number of likely N-dealkylation sites (N-methyl/N-ethyl adjacent to an activating group) is 1. The van der Waals surface area contributed by atoms with Gasteiger partial charge in [0.1, 0.15) is 5.75 Å². The van der Waals surface area contributed by atoms with E-state index in [0.29, 0.717) is 6.04 Å². The zero-order valence-electron chi connectivity index (χ0n) is 14.6. The molecule has 1 aliphatic rings. The average molecular weight is 337 g/mol. The standard InChI is InChI=1S/C19H23N5O/c1-12-18-14(11-24(2)15-7-8-20-10-15)9-17(21-19(18)23-22-12)13-3-5-16(25)6-4-13/h3-6,9,15,20,25H,7-8,10-11H2,1-2H3,(H,21,22,23). The number of fused-ring (bicyclic) bond motifs is 1. The smallest absolute Gasteiger partial charge is 0.156 e. The molecule has 0 amide bonds. The normalized spacial score (nSPS) is 17.6. The minimum Gasteiger partial charge on any atom is -0.508 e. The van der Waals surface area contributed by atoms with E-state index in [1.54, 1.807) is 12.1 Å². The van der Waals surface area contributed by atoms with E-state index in [1.807, 2.05) is 19.1 Å². The van der Waals surface area contributed by atoms with Crippen molar-refractivity contribution < 1.29 is 5.11 Å². The van der Waals surface area contributed by atoms with Crippen LogP contribution in [-0.2, 0) is 6.54 Å². The number of aromatic nitrogens is 3. The largest absolute Gasteiger partial charge is 0.508 e. The molecule has 3 aromatic rings. The Bertz CT molecular complexity index is 881. The molecule has 6 nitrogen and oxygen atoms in total. The van der Waals surface area contributed by atoms with E-state index in [0.717, 1.165) is 47.6 Å². The maximum Gasteiger partial charge on any atom is 0.156 e. The summed E-state index contributed by atoms with van der Waals surface area (Å²) in [6.07, 6.45) is 1.18. The second kappa shape index (κ2) is 6.46. The average Bonchev–Trinajstić information content (AvgIpc) is 3.26. The lowest BCUT2D eigenvalue weighted by Crippen LogP contribution is -2.32. The van der Waals surface area contributed by atoms with Gasteiger partial charge in [-0.1, -0.05) is 0 Å². The van der Waals surface area contributed by atoms with Gasteiger partial charge in [0.2, 0.25) is 0 Å². The van der Waals surface area contributed by atoms with E-state index in [9.17, 15) is 5.11 Å². The summed E-state index contributed by atoms with van der Waals surface area (Å²) in [5.41, 5.74) is 4.90. The highest BCUT2D eigenvalue weighted by Crippen LogP contribution is 2.28. The van der Waals surface area contributed by atoms with Crippen LogP contribution in [0, 0.1) is 6.92 Å². The summed E-state index contributed by atoms with van der Waals surface area (Å²) in [5.74, 6) is 0.260. The van der Waals surface area contributed by atoms with Crippen molar-refractivity contribution >= 4 is 11.0 Å². The van der Waals surface area contributed by atoms with Crippen molar-refractivity contribution in [3.8, 4) is 17.0 Å². The number of phenols is 1. The van der Waals surface area contributed by atoms with Gasteiger partial charge in [0.15, 0.2) is 5.65 Å². The van der Waals surface area contributed by atoms with Gasteiger partial charge in [-0.3, -0.25) is 10.00 Å². The van der Waals surface area contributed by atoms with Gasteiger partial charge in [0.25, 0.3) is 0 Å². The molecule has 0 saturated carbocycles. The molecule has 3 N–H and O–H groups in total. The second-order valence-corrected chi connectivity index (χ2v) is 6.81. The predicted octanol–water partition coefficient (Wildman–Crippen LogP) is 2.43. The molecule has 0 spiro atoms. The lowest BCUT2D eigenvalue weighted by atomic mass is 10.0. The van der Waals surface area contributed by atoms with Gasteiger partial charge in [0.05, 0.1) is 11.4 Å². The number of pyridine rings is 1. The van der Waals surface area contributed by atoms with Crippen LogP contribution in [0.4, 0.5) is 0 Å². The quantitative estimate of drug-likeness (QED) is 0.682. The Morgan fingerprint density at radius 1 is 1.28 bits per heavy atom. The van der Waals surface area contributed by atoms with Crippen molar-refractivity contribution in [2.45, 2.75) is 25.9 Å². The third-order valence-corrected chi connectivity index (χ3v) is 5.03. The molecule has 4 rings (SSSR count). The number of H-pyrrole nitrogens is 1. The Kier molecular flexibility index (Phi) is 4.15. The number of aromatic hydroxyl groups is 1. The first-order valence-corrected chi connectivity index (χ1v) is 8.67. The van der Waals surface area contributed by atoms with Gasteiger partial charge in [-0.05, 0) is 62.8 Å². The summed E-state index contributed by atoms with van der Waals surface area (Å²) in [7, 11) is 2.18. The topological polar surface area (TPSA) is 77.1 Å². The third kappa shape index (κ3) is 3.10. The number of hydrogen-bond acceptors (Lipinski definition) is 5. The van der Waals surface area contributed by atoms with Crippen LogP contribution in [0.2, 0.25) is 0 Å². The number of nitrogens with one attached hydrogen (secondary N) is 2. The van der Waals surface area contributed by atoms with Crippen molar-refractivity contribution in [3.63, 3.8) is 0 Å². The molecule has 2 aromatic heterocycles. The molecule has 130 valence electrons. The Morgan fingerprint density at radius 2 is 2.08 bits per heavy atom. The maximum absolute atomic E-state index is 9.52. The maximum atomic E-state index is 9.52. The van der Waals surface area contributed by atoms with Crippen molar-refractivity contribution in [2.75, 3.05) is 20.1 Å². The van der Waals surface area contributed by atoms with E-state index < -0.39 is 0 Å². The summed E-state index contributed by atoms with van der Waals surface area (Å²) in [6, 6.07) is 9.87. The SMILES string of the molecule is Cc1n[nH]c2nc(-c3ccc(O)cc3)cc(CN(C)C3CCNC3)c12. The fraction of sp³-hybridized carbons (Fsp3) is 0.368. The monoisotopic (exact) mass is 337 g/mol. The van der Waals surface area contributed by atoms with Crippen LogP contribution in [-0.4, -0.2) is 51.4 Å². The molecule has 0 radical (unpaired) electrons. The number of hydrogen-bond donors (Lipinski definition) is 3. The fourth-order valence-corrected chi connectivity index (χ4v) is 3.59. The first kappa shape index (κ1) is 16.1. The Hall–Kier alpha value is -2.44.